The molecule has 47 heavy (non-hydrogen) atoms. The fourth-order valence-electron chi connectivity index (χ4n) is 4.98. The first-order chi connectivity index (χ1) is 22.6. The SMILES string of the molecule is CCCCOC(=O)NCc1ccccc1CC(=O)NC1C(=O)N2C(C(=O)O)=C(CSc3ccc4nn(CC(=O)O)c(=O)n4n3)CS[C@@H]12. The number of aliphatic carboxylic acids is 2. The van der Waals surface area contributed by atoms with E-state index >= 15 is 0 Å². The monoisotopic (exact) mass is 685 g/mol. The van der Waals surface area contributed by atoms with Crippen LogP contribution in [0.2, 0.25) is 0 Å². The number of hydrogen-bond acceptors (Lipinski definition) is 11. The Bertz CT molecular complexity index is 1820. The first kappa shape index (κ1) is 33.5. The second kappa shape index (κ2) is 14.7. The van der Waals surface area contributed by atoms with E-state index in [4.69, 9.17) is 9.84 Å². The van der Waals surface area contributed by atoms with Crippen molar-refractivity contribution in [3.63, 3.8) is 0 Å². The minimum atomic E-state index is -1.28. The lowest BCUT2D eigenvalue weighted by Crippen LogP contribution is -2.70. The van der Waals surface area contributed by atoms with Crippen LogP contribution in [0, 0.1) is 0 Å². The Kier molecular flexibility index (Phi) is 10.5. The molecular formula is C29H31N7O9S2. The molecule has 3 aromatic rings. The Morgan fingerprint density at radius 2 is 1.85 bits per heavy atom. The number of unbranched alkanes of at least 4 members (excludes halogenated alkanes) is 1. The molecule has 248 valence electrons. The number of β-lactam (4-membered cyclic amide) rings is 1. The molecule has 0 spiro atoms. The summed E-state index contributed by atoms with van der Waals surface area (Å²) >= 11 is 2.47. The highest BCUT2D eigenvalue weighted by atomic mass is 32.2. The molecule has 5 rings (SSSR count). The van der Waals surface area contributed by atoms with E-state index in [9.17, 15) is 33.9 Å². The number of fused-ring (bicyclic) bond motifs is 2. The highest BCUT2D eigenvalue weighted by molar-refractivity contribution is 8.01. The van der Waals surface area contributed by atoms with E-state index in [0.717, 1.165) is 39.4 Å². The number of rotatable bonds is 14. The van der Waals surface area contributed by atoms with Gasteiger partial charge in [-0.2, -0.15) is 14.3 Å². The molecule has 16 nitrogen and oxygen atoms in total. The third-order valence-electron chi connectivity index (χ3n) is 7.28. The normalized spacial score (nSPS) is 17.2. The predicted molar refractivity (Wildman–Crippen MR) is 169 cm³/mol. The fraction of sp³-hybridized carbons (Fsp3) is 0.379. The van der Waals surface area contributed by atoms with E-state index < -0.39 is 53.5 Å². The Balaban J connectivity index is 1.20. The number of carbonyl (C=O) groups excluding carboxylic acids is 3. The molecule has 2 aliphatic heterocycles. The van der Waals surface area contributed by atoms with Crippen molar-refractivity contribution in [1.29, 1.82) is 0 Å². The maximum atomic E-state index is 13.2. The fourth-order valence-corrected chi connectivity index (χ4v) is 7.32. The van der Waals surface area contributed by atoms with Crippen LogP contribution in [-0.2, 0) is 43.4 Å². The molecule has 1 saturated heterocycles. The highest BCUT2D eigenvalue weighted by Gasteiger charge is 2.54. The number of aromatic nitrogens is 4. The van der Waals surface area contributed by atoms with Crippen LogP contribution in [0.25, 0.3) is 5.65 Å². The summed E-state index contributed by atoms with van der Waals surface area (Å²) in [5.74, 6) is -3.06. The minimum absolute atomic E-state index is 0.0525. The van der Waals surface area contributed by atoms with E-state index in [0.29, 0.717) is 22.8 Å². The Morgan fingerprint density at radius 3 is 2.57 bits per heavy atom. The van der Waals surface area contributed by atoms with Crippen LogP contribution in [0.5, 0.6) is 0 Å². The molecule has 0 aliphatic carbocycles. The molecule has 2 aromatic heterocycles. The second-order valence-electron chi connectivity index (χ2n) is 10.6. The third-order valence-corrected chi connectivity index (χ3v) is 9.63. The van der Waals surface area contributed by atoms with E-state index in [2.05, 4.69) is 20.8 Å². The van der Waals surface area contributed by atoms with Gasteiger partial charge in [-0.1, -0.05) is 37.6 Å². The Labute approximate surface area is 275 Å². The molecule has 0 radical (unpaired) electrons. The number of alkyl carbamates (subject to hydrolysis) is 1. The summed E-state index contributed by atoms with van der Waals surface area (Å²) in [6, 6.07) is 9.25. The standard InChI is InChI=1S/C29H31N7O9S2/c1-2-3-10-45-28(43)30-12-17-7-5-4-6-16(17)11-20(37)31-23-25(40)35-24(27(41)42)18(15-47-26(23)35)14-46-21-9-8-19-32-34(13-22(38)39)29(44)36(19)33-21/h4-9,23,26H,2-3,10-15H2,1H3,(H,30,43)(H,31,37)(H,38,39)(H,41,42)/t23?,26-/m0/s1. The summed E-state index contributed by atoms with van der Waals surface area (Å²) in [4.78, 5) is 75.0. The van der Waals surface area contributed by atoms with Gasteiger partial charge in [0.2, 0.25) is 5.91 Å². The van der Waals surface area contributed by atoms with Crippen molar-refractivity contribution < 1.29 is 38.9 Å². The van der Waals surface area contributed by atoms with E-state index in [1.807, 2.05) is 6.92 Å². The number of hydrogen-bond donors (Lipinski definition) is 4. The zero-order chi connectivity index (χ0) is 33.7. The van der Waals surface area contributed by atoms with Gasteiger partial charge in [0.25, 0.3) is 5.91 Å². The van der Waals surface area contributed by atoms with Crippen molar-refractivity contribution in [1.82, 2.24) is 34.9 Å². The summed E-state index contributed by atoms with van der Waals surface area (Å²) in [5.41, 5.74) is 1.11. The number of carboxylic acids is 2. The molecule has 3 amide bonds. The average molecular weight is 686 g/mol. The maximum absolute atomic E-state index is 13.2. The largest absolute Gasteiger partial charge is 0.480 e. The zero-order valence-electron chi connectivity index (χ0n) is 25.1. The van der Waals surface area contributed by atoms with Gasteiger partial charge in [-0.3, -0.25) is 19.3 Å². The van der Waals surface area contributed by atoms with Gasteiger partial charge in [-0.15, -0.1) is 28.6 Å². The van der Waals surface area contributed by atoms with Crippen LogP contribution in [0.4, 0.5) is 4.79 Å². The number of carboxylic acid groups (broad SMARTS) is 2. The van der Waals surface area contributed by atoms with Gasteiger partial charge in [0, 0.05) is 18.1 Å². The number of ether oxygens (including phenoxy) is 1. The number of carbonyl (C=O) groups is 5. The Hall–Kier alpha value is -4.84. The summed E-state index contributed by atoms with van der Waals surface area (Å²) < 4.78 is 6.85. The van der Waals surface area contributed by atoms with Gasteiger partial charge in [0.15, 0.2) is 5.65 Å². The first-order valence-corrected chi connectivity index (χ1v) is 16.6. The molecular weight excluding hydrogens is 654 g/mol. The molecule has 1 fully saturated rings. The van der Waals surface area contributed by atoms with Crippen molar-refractivity contribution in [2.24, 2.45) is 0 Å². The molecule has 2 aliphatic rings. The second-order valence-corrected chi connectivity index (χ2v) is 12.7. The van der Waals surface area contributed by atoms with Gasteiger partial charge in [0.1, 0.15) is 28.7 Å². The van der Waals surface area contributed by atoms with Crippen LogP contribution in [0.1, 0.15) is 30.9 Å². The van der Waals surface area contributed by atoms with Gasteiger partial charge in [0.05, 0.1) is 13.0 Å². The summed E-state index contributed by atoms with van der Waals surface area (Å²) in [6.45, 7) is 1.84. The summed E-state index contributed by atoms with van der Waals surface area (Å²) in [6.07, 6.45) is 1.05. The number of amides is 3. The smallest absolute Gasteiger partial charge is 0.407 e. The quantitative estimate of drug-likeness (QED) is 0.106. The van der Waals surface area contributed by atoms with Crippen LogP contribution >= 0.6 is 23.5 Å². The first-order valence-electron chi connectivity index (χ1n) is 14.6. The molecule has 1 unspecified atom stereocenters. The number of thioether (sulfide) groups is 2. The topological polar surface area (TPSA) is 215 Å². The Morgan fingerprint density at radius 1 is 1.09 bits per heavy atom. The van der Waals surface area contributed by atoms with Crippen LogP contribution in [0.3, 0.4) is 0 Å². The van der Waals surface area contributed by atoms with Crippen LogP contribution in [-0.4, -0.2) is 93.9 Å². The van der Waals surface area contributed by atoms with Gasteiger partial charge >= 0.3 is 23.7 Å². The molecule has 18 heteroatoms. The van der Waals surface area contributed by atoms with Crippen LogP contribution in [0.15, 0.2) is 57.5 Å². The summed E-state index contributed by atoms with van der Waals surface area (Å²) in [5, 5.41) is 32.3. The van der Waals surface area contributed by atoms with Crippen LogP contribution < -0.4 is 16.3 Å². The van der Waals surface area contributed by atoms with E-state index in [1.54, 1.807) is 30.3 Å². The number of nitrogens with zero attached hydrogens (tertiary/aromatic N) is 5. The van der Waals surface area contributed by atoms with E-state index in [1.165, 1.54) is 22.7 Å². The number of nitrogens with one attached hydrogen (secondary N) is 2. The molecule has 4 heterocycles. The van der Waals surface area contributed by atoms with Crippen molar-refractivity contribution in [2.75, 3.05) is 18.1 Å². The summed E-state index contributed by atoms with van der Waals surface area (Å²) in [7, 11) is 0. The maximum Gasteiger partial charge on any atom is 0.407 e. The van der Waals surface area contributed by atoms with Gasteiger partial charge in [-0.05, 0) is 35.3 Å². The predicted octanol–water partition coefficient (Wildman–Crippen LogP) is 1.08. The average Bonchev–Trinajstić information content (AvgIpc) is 3.34. The lowest BCUT2D eigenvalue weighted by Gasteiger charge is -2.49. The number of benzene rings is 1. The minimum Gasteiger partial charge on any atom is -0.480 e. The van der Waals surface area contributed by atoms with Crippen molar-refractivity contribution in [3.05, 3.63) is 69.3 Å². The highest BCUT2D eigenvalue weighted by Crippen LogP contribution is 2.41. The van der Waals surface area contributed by atoms with Crippen molar-refractivity contribution in [2.45, 2.75) is 55.7 Å². The molecule has 2 atom stereocenters. The lowest BCUT2D eigenvalue weighted by atomic mass is 10.0. The van der Waals surface area contributed by atoms with Gasteiger partial charge < -0.3 is 25.6 Å². The molecule has 0 saturated carbocycles. The molecule has 4 N–H and O–H groups in total. The van der Waals surface area contributed by atoms with Gasteiger partial charge in [-0.25, -0.2) is 14.4 Å². The zero-order valence-corrected chi connectivity index (χ0v) is 26.7. The van der Waals surface area contributed by atoms with E-state index in [-0.39, 0.29) is 35.8 Å². The van der Waals surface area contributed by atoms with Crippen molar-refractivity contribution in [3.8, 4) is 0 Å². The molecule has 0 bridgehead atoms. The lowest BCUT2D eigenvalue weighted by molar-refractivity contribution is -0.150. The van der Waals surface area contributed by atoms with Crippen molar-refractivity contribution >= 4 is 59.0 Å². The third kappa shape index (κ3) is 7.60. The molecule has 1 aromatic carbocycles.